The molecular weight excluding hydrogens is 592 g/mol. The molecule has 0 spiro atoms. The molecule has 0 unspecified atom stereocenters. The molecule has 8 aromatic carbocycles. The number of fused-ring (bicyclic) bond motifs is 2. The van der Waals surface area contributed by atoms with Crippen LogP contribution in [-0.4, -0.2) is 0 Å². The molecular formula is C36H20Br2. The molecule has 0 saturated carbocycles. The largest absolute Gasteiger partial charge is 0.0616 e. The highest BCUT2D eigenvalue weighted by molar-refractivity contribution is 9.11. The molecule has 178 valence electrons. The Morgan fingerprint density at radius 2 is 0.921 bits per heavy atom. The highest BCUT2D eigenvalue weighted by atomic mass is 79.9. The summed E-state index contributed by atoms with van der Waals surface area (Å²) in [6.07, 6.45) is 0. The Morgan fingerprint density at radius 1 is 0.342 bits per heavy atom. The van der Waals surface area contributed by atoms with Crippen molar-refractivity contribution >= 4 is 85.7 Å². The van der Waals surface area contributed by atoms with Crippen LogP contribution < -0.4 is 0 Å². The maximum absolute atomic E-state index is 3.95. The van der Waals surface area contributed by atoms with Gasteiger partial charge in [0.05, 0.1) is 0 Å². The van der Waals surface area contributed by atoms with E-state index in [-0.39, 0.29) is 0 Å². The van der Waals surface area contributed by atoms with Gasteiger partial charge in [0.25, 0.3) is 0 Å². The van der Waals surface area contributed by atoms with E-state index in [1.165, 1.54) is 76.1 Å². The second-order valence-corrected chi connectivity index (χ2v) is 11.7. The average Bonchev–Trinajstić information content (AvgIpc) is 2.97. The maximum atomic E-state index is 3.95. The molecule has 0 aliphatic rings. The Balaban J connectivity index is 1.50. The fourth-order valence-electron chi connectivity index (χ4n) is 6.19. The molecule has 0 N–H and O–H groups in total. The smallest absolute Gasteiger partial charge is 0.0260 e. The van der Waals surface area contributed by atoms with Crippen molar-refractivity contribution < 1.29 is 0 Å². The molecule has 2 heteroatoms. The van der Waals surface area contributed by atoms with Crippen molar-refractivity contribution in [3.8, 4) is 22.3 Å². The van der Waals surface area contributed by atoms with Crippen molar-refractivity contribution in [3.63, 3.8) is 0 Å². The van der Waals surface area contributed by atoms with Crippen LogP contribution in [0.15, 0.2) is 130 Å². The summed E-state index contributed by atoms with van der Waals surface area (Å²) in [5, 5.41) is 12.7. The molecule has 0 aliphatic heterocycles. The average molecular weight is 612 g/mol. The predicted octanol–water partition coefficient (Wildman–Crippen LogP) is 11.7. The minimum absolute atomic E-state index is 1.12. The third kappa shape index (κ3) is 3.20. The van der Waals surface area contributed by atoms with Crippen LogP contribution >= 0.6 is 31.9 Å². The van der Waals surface area contributed by atoms with E-state index in [9.17, 15) is 0 Å². The summed E-state index contributed by atoms with van der Waals surface area (Å²) in [6.45, 7) is 0. The van der Waals surface area contributed by atoms with Crippen molar-refractivity contribution in [1.29, 1.82) is 0 Å². The third-order valence-corrected chi connectivity index (χ3v) is 9.25. The van der Waals surface area contributed by atoms with Crippen molar-refractivity contribution in [3.05, 3.63) is 130 Å². The standard InChI is InChI=1S/C36H20Br2/c37-33-19-31(24-13-12-21-6-1-2-8-23(21)18-24)27-14-16-30-34(38)20-32(28-15-17-29(33)35(27)36(28)30)26-11-5-9-22-7-3-4-10-25(22)26/h1-20H. The Labute approximate surface area is 237 Å². The first-order chi connectivity index (χ1) is 18.7. The Kier molecular flexibility index (Phi) is 4.92. The molecule has 8 rings (SSSR count). The van der Waals surface area contributed by atoms with Gasteiger partial charge in [0.2, 0.25) is 0 Å². The lowest BCUT2D eigenvalue weighted by atomic mass is 9.86. The van der Waals surface area contributed by atoms with E-state index < -0.39 is 0 Å². The summed E-state index contributed by atoms with van der Waals surface area (Å²) in [6, 6.07) is 44.3. The molecule has 0 atom stereocenters. The lowest BCUT2D eigenvalue weighted by Gasteiger charge is -2.19. The van der Waals surface area contributed by atoms with Gasteiger partial charge in [-0.25, -0.2) is 0 Å². The van der Waals surface area contributed by atoms with E-state index in [0.717, 1.165) is 8.95 Å². The van der Waals surface area contributed by atoms with Gasteiger partial charge in [-0.2, -0.15) is 0 Å². The third-order valence-electron chi connectivity index (χ3n) is 7.94. The van der Waals surface area contributed by atoms with Gasteiger partial charge in [-0.05, 0) is 94.3 Å². The van der Waals surface area contributed by atoms with E-state index in [2.05, 4.69) is 153 Å². The monoisotopic (exact) mass is 610 g/mol. The molecule has 0 aliphatic carbocycles. The van der Waals surface area contributed by atoms with Crippen LogP contribution in [0.25, 0.3) is 76.1 Å². The van der Waals surface area contributed by atoms with E-state index in [1.807, 2.05) is 0 Å². The van der Waals surface area contributed by atoms with Gasteiger partial charge >= 0.3 is 0 Å². The van der Waals surface area contributed by atoms with E-state index in [4.69, 9.17) is 0 Å². The van der Waals surface area contributed by atoms with Gasteiger partial charge < -0.3 is 0 Å². The molecule has 0 bridgehead atoms. The zero-order valence-corrected chi connectivity index (χ0v) is 23.5. The second kappa shape index (κ2) is 8.39. The number of benzene rings is 8. The first-order valence-corrected chi connectivity index (χ1v) is 14.3. The van der Waals surface area contributed by atoms with Gasteiger partial charge in [0.1, 0.15) is 0 Å². The molecule has 8 aromatic rings. The first-order valence-electron chi connectivity index (χ1n) is 12.7. The second-order valence-electron chi connectivity index (χ2n) is 9.97. The minimum Gasteiger partial charge on any atom is -0.0616 e. The van der Waals surface area contributed by atoms with E-state index >= 15 is 0 Å². The number of halogens is 2. The Hall–Kier alpha value is -3.72. The van der Waals surface area contributed by atoms with Crippen LogP contribution in [0.1, 0.15) is 0 Å². The van der Waals surface area contributed by atoms with Crippen molar-refractivity contribution in [2.24, 2.45) is 0 Å². The lowest BCUT2D eigenvalue weighted by Crippen LogP contribution is -1.92. The summed E-state index contributed by atoms with van der Waals surface area (Å²) in [5.74, 6) is 0. The molecule has 38 heavy (non-hydrogen) atoms. The fourth-order valence-corrected chi connectivity index (χ4v) is 7.30. The molecule has 0 nitrogen and oxygen atoms in total. The summed E-state index contributed by atoms with van der Waals surface area (Å²) in [4.78, 5) is 0. The van der Waals surface area contributed by atoms with Crippen LogP contribution in [-0.2, 0) is 0 Å². The molecule has 0 heterocycles. The lowest BCUT2D eigenvalue weighted by molar-refractivity contribution is 1.66. The normalized spacial score (nSPS) is 11.9. The van der Waals surface area contributed by atoms with E-state index in [1.54, 1.807) is 0 Å². The number of rotatable bonds is 2. The van der Waals surface area contributed by atoms with Crippen LogP contribution in [0.3, 0.4) is 0 Å². The van der Waals surface area contributed by atoms with Crippen molar-refractivity contribution in [2.45, 2.75) is 0 Å². The van der Waals surface area contributed by atoms with Gasteiger partial charge in [0, 0.05) is 8.95 Å². The minimum atomic E-state index is 1.12. The van der Waals surface area contributed by atoms with Crippen molar-refractivity contribution in [1.82, 2.24) is 0 Å². The number of hydrogen-bond donors (Lipinski definition) is 0. The van der Waals surface area contributed by atoms with Gasteiger partial charge in [-0.1, -0.05) is 135 Å². The van der Waals surface area contributed by atoms with Crippen LogP contribution in [0, 0.1) is 0 Å². The number of hydrogen-bond acceptors (Lipinski definition) is 0. The van der Waals surface area contributed by atoms with Gasteiger partial charge in [-0.3, -0.25) is 0 Å². The first kappa shape index (κ1) is 22.3. The highest BCUT2D eigenvalue weighted by Gasteiger charge is 2.19. The Morgan fingerprint density at radius 3 is 1.68 bits per heavy atom. The van der Waals surface area contributed by atoms with Crippen LogP contribution in [0.2, 0.25) is 0 Å². The summed E-state index contributed by atoms with van der Waals surface area (Å²) in [5.41, 5.74) is 4.99. The van der Waals surface area contributed by atoms with E-state index in [0.29, 0.717) is 0 Å². The predicted molar refractivity (Wildman–Crippen MR) is 171 cm³/mol. The topological polar surface area (TPSA) is 0 Å². The highest BCUT2D eigenvalue weighted by Crippen LogP contribution is 2.47. The zero-order valence-electron chi connectivity index (χ0n) is 20.3. The summed E-state index contributed by atoms with van der Waals surface area (Å²) >= 11 is 7.89. The molecule has 0 fully saturated rings. The summed E-state index contributed by atoms with van der Waals surface area (Å²) < 4.78 is 2.24. The maximum Gasteiger partial charge on any atom is 0.0260 e. The molecule has 0 aromatic heterocycles. The SMILES string of the molecule is Brc1cc(-c2ccc3ccccc3c2)c2ccc3c(Br)cc(-c4cccc5ccccc45)c4ccc1c2c34. The molecule has 0 radical (unpaired) electrons. The Bertz CT molecular complexity index is 2200. The van der Waals surface area contributed by atoms with Gasteiger partial charge in [-0.15, -0.1) is 0 Å². The molecule has 0 amide bonds. The van der Waals surface area contributed by atoms with Crippen LogP contribution in [0.4, 0.5) is 0 Å². The summed E-state index contributed by atoms with van der Waals surface area (Å²) in [7, 11) is 0. The molecule has 0 saturated heterocycles. The van der Waals surface area contributed by atoms with Crippen LogP contribution in [0.5, 0.6) is 0 Å². The van der Waals surface area contributed by atoms with Crippen molar-refractivity contribution in [2.75, 3.05) is 0 Å². The quantitative estimate of drug-likeness (QED) is 0.171. The fraction of sp³-hybridized carbons (Fsp3) is 0. The zero-order chi connectivity index (χ0) is 25.4. The van der Waals surface area contributed by atoms with Gasteiger partial charge in [0.15, 0.2) is 0 Å².